The summed E-state index contributed by atoms with van der Waals surface area (Å²) in [5.74, 6) is 1.50. The lowest BCUT2D eigenvalue weighted by Crippen LogP contribution is -2.21. The molecule has 0 unspecified atom stereocenters. The third-order valence-electron chi connectivity index (χ3n) is 5.13. The second-order valence-corrected chi connectivity index (χ2v) is 7.51. The number of hydrogen-bond acceptors (Lipinski definition) is 8. The molecule has 0 saturated heterocycles. The number of ether oxygens (including phenoxy) is 6. The number of carbonyl (C=O) groups is 2. The zero-order valence-electron chi connectivity index (χ0n) is 19.2. The number of esters is 2. The van der Waals surface area contributed by atoms with E-state index >= 15 is 0 Å². The molecule has 3 rings (SSSR count). The monoisotopic (exact) mass is 456 g/mol. The Morgan fingerprint density at radius 2 is 1.67 bits per heavy atom. The maximum Gasteiger partial charge on any atom is 0.302 e. The van der Waals surface area contributed by atoms with Crippen LogP contribution in [0.3, 0.4) is 0 Å². The molecule has 1 aliphatic rings. The Balaban J connectivity index is 1.94. The van der Waals surface area contributed by atoms with Gasteiger partial charge in [0.05, 0.1) is 20.8 Å². The maximum absolute atomic E-state index is 11.6. The summed E-state index contributed by atoms with van der Waals surface area (Å²) in [6.45, 7) is 3.08. The van der Waals surface area contributed by atoms with Crippen LogP contribution in [0.25, 0.3) is 6.08 Å². The van der Waals surface area contributed by atoms with Gasteiger partial charge >= 0.3 is 11.9 Å². The summed E-state index contributed by atoms with van der Waals surface area (Å²) in [6, 6.07) is 11.2. The van der Waals surface area contributed by atoms with E-state index in [0.29, 0.717) is 29.4 Å². The molecule has 2 aromatic rings. The first-order valence-electron chi connectivity index (χ1n) is 10.5. The average molecular weight is 456 g/mol. The number of benzene rings is 2. The largest absolute Gasteiger partial charge is 0.493 e. The molecule has 0 bridgehead atoms. The highest BCUT2D eigenvalue weighted by atomic mass is 16.7. The predicted octanol–water partition coefficient (Wildman–Crippen LogP) is 3.80. The first-order chi connectivity index (χ1) is 15.9. The van der Waals surface area contributed by atoms with Crippen LogP contribution in [-0.2, 0) is 25.5 Å². The Kier molecular flexibility index (Phi) is 8.18. The fraction of sp³-hybridized carbons (Fsp3) is 0.360. The van der Waals surface area contributed by atoms with Gasteiger partial charge < -0.3 is 28.4 Å². The Morgan fingerprint density at radius 3 is 2.36 bits per heavy atom. The number of hydrogen-bond donors (Lipinski definition) is 0. The van der Waals surface area contributed by atoms with Crippen LogP contribution in [0, 0.1) is 5.92 Å². The normalized spacial score (nSPS) is 13.3. The van der Waals surface area contributed by atoms with E-state index in [2.05, 4.69) is 0 Å². The van der Waals surface area contributed by atoms with Gasteiger partial charge in [0.2, 0.25) is 6.79 Å². The number of carbonyl (C=O) groups excluding carboxylic acids is 2. The summed E-state index contributed by atoms with van der Waals surface area (Å²) >= 11 is 0. The minimum atomic E-state index is -0.399. The van der Waals surface area contributed by atoms with Crippen molar-refractivity contribution in [3.05, 3.63) is 53.1 Å². The van der Waals surface area contributed by atoms with Crippen molar-refractivity contribution >= 4 is 18.0 Å². The summed E-state index contributed by atoms with van der Waals surface area (Å²) in [7, 11) is 3.15. The lowest BCUT2D eigenvalue weighted by molar-refractivity contribution is -0.143. The zero-order valence-corrected chi connectivity index (χ0v) is 19.2. The molecule has 0 N–H and O–H groups in total. The molecule has 8 heteroatoms. The minimum absolute atomic E-state index is 0.0585. The van der Waals surface area contributed by atoms with E-state index in [4.69, 9.17) is 28.4 Å². The summed E-state index contributed by atoms with van der Waals surface area (Å²) in [6.07, 6.45) is 2.44. The Bertz CT molecular complexity index is 1030. The van der Waals surface area contributed by atoms with Gasteiger partial charge in [-0.1, -0.05) is 18.2 Å². The van der Waals surface area contributed by atoms with Crippen LogP contribution in [-0.4, -0.2) is 46.2 Å². The Labute approximate surface area is 193 Å². The van der Waals surface area contributed by atoms with Crippen molar-refractivity contribution in [2.45, 2.75) is 20.3 Å². The lowest BCUT2D eigenvalue weighted by Gasteiger charge is -2.21. The van der Waals surface area contributed by atoms with Gasteiger partial charge in [-0.3, -0.25) is 9.59 Å². The van der Waals surface area contributed by atoms with Crippen molar-refractivity contribution in [1.82, 2.24) is 0 Å². The lowest BCUT2D eigenvalue weighted by atomic mass is 9.91. The van der Waals surface area contributed by atoms with Crippen molar-refractivity contribution in [2.75, 3.05) is 34.2 Å². The van der Waals surface area contributed by atoms with Crippen molar-refractivity contribution in [1.29, 1.82) is 0 Å². The van der Waals surface area contributed by atoms with Crippen LogP contribution in [0.1, 0.15) is 25.0 Å². The summed E-state index contributed by atoms with van der Waals surface area (Å²) in [5, 5.41) is 0. The van der Waals surface area contributed by atoms with E-state index < -0.39 is 5.97 Å². The number of rotatable bonds is 10. The van der Waals surface area contributed by atoms with Crippen LogP contribution in [0.15, 0.2) is 42.0 Å². The topological polar surface area (TPSA) is 89.5 Å². The molecule has 2 aromatic carbocycles. The third-order valence-corrected chi connectivity index (χ3v) is 5.13. The van der Waals surface area contributed by atoms with Gasteiger partial charge in [-0.25, -0.2) is 0 Å². The Hall–Kier alpha value is -3.68. The highest BCUT2D eigenvalue weighted by molar-refractivity contribution is 5.67. The van der Waals surface area contributed by atoms with Crippen LogP contribution in [0.2, 0.25) is 0 Å². The molecule has 33 heavy (non-hydrogen) atoms. The van der Waals surface area contributed by atoms with E-state index in [1.165, 1.54) is 13.8 Å². The maximum atomic E-state index is 11.6. The van der Waals surface area contributed by atoms with Gasteiger partial charge in [-0.15, -0.1) is 0 Å². The molecule has 176 valence electrons. The number of fused-ring (bicyclic) bond motifs is 1. The quantitative estimate of drug-likeness (QED) is 0.499. The van der Waals surface area contributed by atoms with Gasteiger partial charge in [-0.05, 0) is 47.4 Å². The van der Waals surface area contributed by atoms with Crippen LogP contribution in [0.5, 0.6) is 23.0 Å². The second-order valence-electron chi connectivity index (χ2n) is 7.51. The molecule has 1 heterocycles. The van der Waals surface area contributed by atoms with Gasteiger partial charge in [0.25, 0.3) is 0 Å². The second kappa shape index (κ2) is 11.3. The molecule has 1 aliphatic heterocycles. The predicted molar refractivity (Wildman–Crippen MR) is 121 cm³/mol. The van der Waals surface area contributed by atoms with Crippen molar-refractivity contribution < 1.29 is 38.0 Å². The zero-order chi connectivity index (χ0) is 23.8. The van der Waals surface area contributed by atoms with E-state index in [9.17, 15) is 9.59 Å². The molecule has 0 amide bonds. The molecule has 0 aromatic heterocycles. The van der Waals surface area contributed by atoms with Crippen molar-refractivity contribution in [3.63, 3.8) is 0 Å². The molecule has 1 atom stereocenters. The Morgan fingerprint density at radius 1 is 0.939 bits per heavy atom. The SMILES string of the molecule is COc1ccc(C[C@H](COC(C)=O)/C(=C\c2ccc3c(c2)OCO3)COC(C)=O)cc1OC. The van der Waals surface area contributed by atoms with Crippen LogP contribution in [0.4, 0.5) is 0 Å². The highest BCUT2D eigenvalue weighted by Crippen LogP contribution is 2.34. The molecule has 0 saturated carbocycles. The first-order valence-corrected chi connectivity index (χ1v) is 10.5. The number of methoxy groups -OCH3 is 2. The van der Waals surface area contributed by atoms with Gasteiger partial charge in [0, 0.05) is 19.8 Å². The van der Waals surface area contributed by atoms with Gasteiger partial charge in [0.15, 0.2) is 23.0 Å². The molecular formula is C25H28O8. The summed E-state index contributed by atoms with van der Waals surface area (Å²) in [5.41, 5.74) is 2.59. The van der Waals surface area contributed by atoms with E-state index in [-0.39, 0.29) is 31.9 Å². The summed E-state index contributed by atoms with van der Waals surface area (Å²) in [4.78, 5) is 23.1. The molecule has 8 nitrogen and oxygen atoms in total. The standard InChI is InChI=1S/C25H28O8/c1-16(26)30-13-20(9-18-5-7-22(28-3)24(11-18)29-4)21(14-31-17(2)27)10-19-6-8-23-25(12-19)33-15-32-23/h5-8,10-12,20H,9,13-15H2,1-4H3/b21-10-/t20-/m1/s1. The first kappa shape index (κ1) is 24.0. The third kappa shape index (κ3) is 6.65. The van der Waals surface area contributed by atoms with Crippen molar-refractivity contribution in [3.8, 4) is 23.0 Å². The molecule has 0 aliphatic carbocycles. The minimum Gasteiger partial charge on any atom is -0.493 e. The van der Waals surface area contributed by atoms with E-state index in [1.807, 2.05) is 42.5 Å². The highest BCUT2D eigenvalue weighted by Gasteiger charge is 2.20. The fourth-order valence-corrected chi connectivity index (χ4v) is 3.49. The smallest absolute Gasteiger partial charge is 0.302 e. The molecular weight excluding hydrogens is 428 g/mol. The van der Waals surface area contributed by atoms with Crippen molar-refractivity contribution in [2.24, 2.45) is 5.92 Å². The van der Waals surface area contributed by atoms with Crippen LogP contribution < -0.4 is 18.9 Å². The fourth-order valence-electron chi connectivity index (χ4n) is 3.49. The van der Waals surface area contributed by atoms with Gasteiger partial charge in [0.1, 0.15) is 6.61 Å². The molecule has 0 radical (unpaired) electrons. The molecule has 0 fully saturated rings. The van der Waals surface area contributed by atoms with E-state index in [1.54, 1.807) is 14.2 Å². The average Bonchev–Trinajstić information content (AvgIpc) is 3.27. The summed E-state index contributed by atoms with van der Waals surface area (Å²) < 4.78 is 32.3. The van der Waals surface area contributed by atoms with Crippen LogP contribution >= 0.6 is 0 Å². The molecule has 0 spiro atoms. The van der Waals surface area contributed by atoms with E-state index in [0.717, 1.165) is 16.7 Å². The van der Waals surface area contributed by atoms with Gasteiger partial charge in [-0.2, -0.15) is 0 Å².